The summed E-state index contributed by atoms with van der Waals surface area (Å²) in [4.78, 5) is 32.1. The zero-order chi connectivity index (χ0) is 31.5. The van der Waals surface area contributed by atoms with Crippen molar-refractivity contribution >= 4 is 22.5 Å². The monoisotopic (exact) mass is 621 g/mol. The number of hydrogen-bond donors (Lipinski definition) is 2. The van der Waals surface area contributed by atoms with Gasteiger partial charge in [0.15, 0.2) is 17.3 Å². The number of hydrogen-bond acceptors (Lipinski definition) is 6. The Hall–Kier alpha value is -4.21. The van der Waals surface area contributed by atoms with E-state index in [1.807, 2.05) is 22.8 Å². The average Bonchev–Trinajstić information content (AvgIpc) is 3.76. The van der Waals surface area contributed by atoms with E-state index in [0.29, 0.717) is 36.4 Å². The van der Waals surface area contributed by atoms with Gasteiger partial charge >= 0.3 is 0 Å². The third-order valence-corrected chi connectivity index (χ3v) is 10.7. The number of nitrogens with zero attached hydrogens (tertiary/aromatic N) is 3. The second kappa shape index (κ2) is 11.5. The molecule has 238 valence electrons. The van der Waals surface area contributed by atoms with Gasteiger partial charge in [-0.25, -0.2) is 4.39 Å². The maximum Gasteiger partial charge on any atom is 0.256 e. The molecule has 4 aromatic rings. The summed E-state index contributed by atoms with van der Waals surface area (Å²) in [7, 11) is 4.24. The van der Waals surface area contributed by atoms with Crippen LogP contribution >= 0.6 is 0 Å². The Morgan fingerprint density at radius 3 is 2.43 bits per heavy atom. The summed E-state index contributed by atoms with van der Waals surface area (Å²) >= 11 is 0. The lowest BCUT2D eigenvalue weighted by atomic mass is 10.0. The van der Waals surface area contributed by atoms with Crippen molar-refractivity contribution in [2.45, 2.75) is 57.0 Å². The van der Waals surface area contributed by atoms with Gasteiger partial charge in [-0.15, -0.1) is 0 Å². The van der Waals surface area contributed by atoms with E-state index in [4.69, 9.17) is 4.74 Å². The van der Waals surface area contributed by atoms with Gasteiger partial charge in [0.2, 0.25) is 5.43 Å². The summed E-state index contributed by atoms with van der Waals surface area (Å²) in [5, 5.41) is 6.43. The number of pyridine rings is 1. The molecule has 0 bridgehead atoms. The van der Waals surface area contributed by atoms with Crippen molar-refractivity contribution in [2.75, 3.05) is 45.6 Å². The Kier molecular flexibility index (Phi) is 7.33. The first kappa shape index (κ1) is 29.2. The van der Waals surface area contributed by atoms with Gasteiger partial charge in [-0.2, -0.15) is 0 Å². The second-order valence-electron chi connectivity index (χ2n) is 13.4. The van der Waals surface area contributed by atoms with Crippen LogP contribution in [0.5, 0.6) is 11.5 Å². The van der Waals surface area contributed by atoms with Gasteiger partial charge in [-0.3, -0.25) is 9.59 Å². The number of halogens is 1. The summed E-state index contributed by atoms with van der Waals surface area (Å²) in [5.41, 5.74) is 5.56. The van der Waals surface area contributed by atoms with Gasteiger partial charge < -0.3 is 29.7 Å². The molecule has 3 aromatic carbocycles. The zero-order valence-corrected chi connectivity index (χ0v) is 26.5. The lowest BCUT2D eigenvalue weighted by Crippen LogP contribution is -2.34. The van der Waals surface area contributed by atoms with E-state index < -0.39 is 17.2 Å². The van der Waals surface area contributed by atoms with Gasteiger partial charge in [0.25, 0.3) is 5.91 Å². The van der Waals surface area contributed by atoms with E-state index in [2.05, 4.69) is 52.7 Å². The maximum atomic E-state index is 16.0. The minimum atomic E-state index is -0.565. The van der Waals surface area contributed by atoms with Gasteiger partial charge in [0, 0.05) is 31.4 Å². The number of benzene rings is 3. The smallest absolute Gasteiger partial charge is 0.256 e. The SMILES string of the molecule is CN1CCCC1CCNC(=O)c1cn2c3c(c(NCCC4CCCN4C)c(F)cc3c1=O)Oc1cc3c(cc1-2)-c1ccccc1C3. The molecule has 2 unspecified atom stereocenters. The van der Waals surface area contributed by atoms with E-state index in [-0.39, 0.29) is 22.4 Å². The Balaban J connectivity index is 1.21. The fourth-order valence-corrected chi connectivity index (χ4v) is 8.07. The fourth-order valence-electron chi connectivity index (χ4n) is 8.07. The lowest BCUT2D eigenvalue weighted by molar-refractivity contribution is 0.0949. The largest absolute Gasteiger partial charge is 0.451 e. The maximum absolute atomic E-state index is 16.0. The molecule has 8 nitrogen and oxygen atoms in total. The van der Waals surface area contributed by atoms with Crippen LogP contribution < -0.4 is 20.8 Å². The van der Waals surface area contributed by atoms with Crippen molar-refractivity contribution in [1.82, 2.24) is 19.7 Å². The molecule has 2 N–H and O–H groups in total. The number of aromatic nitrogens is 1. The summed E-state index contributed by atoms with van der Waals surface area (Å²) in [6.45, 7) is 3.18. The van der Waals surface area contributed by atoms with Crippen LogP contribution in [-0.2, 0) is 6.42 Å². The quantitative estimate of drug-likeness (QED) is 0.220. The van der Waals surface area contributed by atoms with Gasteiger partial charge in [-0.05, 0) is 113 Å². The number of ether oxygens (including phenoxy) is 1. The van der Waals surface area contributed by atoms with Crippen molar-refractivity contribution in [3.8, 4) is 28.3 Å². The molecule has 2 saturated heterocycles. The standard InChI is InChI=1S/C37H40FN5O3/c1-41-15-5-8-24(41)11-13-39-33-30(38)19-28-34-36(33)46-32-18-23-17-22-7-3-4-10-26(22)27(23)20-31(32)43(34)21-29(35(28)44)37(45)40-14-12-25-9-6-16-42(25)2/h3-4,7,10,18-21,24-25,39H,5-6,8-9,11-17H2,1-2H3,(H,40,45). The van der Waals surface area contributed by atoms with Crippen LogP contribution in [0.2, 0.25) is 0 Å². The van der Waals surface area contributed by atoms with Crippen molar-refractivity contribution in [1.29, 1.82) is 0 Å². The fraction of sp³-hybridized carbons (Fsp3) is 0.405. The molecule has 9 heteroatoms. The molecular weight excluding hydrogens is 581 g/mol. The summed E-state index contributed by atoms with van der Waals surface area (Å²) in [5.74, 6) is -0.152. The molecule has 0 radical (unpaired) electrons. The summed E-state index contributed by atoms with van der Waals surface area (Å²) in [6.07, 6.45) is 8.65. The predicted octanol–water partition coefficient (Wildman–Crippen LogP) is 5.92. The van der Waals surface area contributed by atoms with Crippen LogP contribution in [-0.4, -0.2) is 72.6 Å². The number of fused-ring (bicyclic) bond motifs is 5. The van der Waals surface area contributed by atoms with Crippen molar-refractivity contribution < 1.29 is 13.9 Å². The number of anilines is 1. The highest BCUT2D eigenvalue weighted by Gasteiger charge is 2.31. The average molecular weight is 622 g/mol. The van der Waals surface area contributed by atoms with Gasteiger partial charge in [-0.1, -0.05) is 24.3 Å². The number of carbonyl (C=O) groups is 1. The van der Waals surface area contributed by atoms with Crippen LogP contribution in [0.3, 0.4) is 0 Å². The highest BCUT2D eigenvalue weighted by molar-refractivity contribution is 6.01. The highest BCUT2D eigenvalue weighted by atomic mass is 19.1. The third-order valence-electron chi connectivity index (χ3n) is 10.7. The topological polar surface area (TPSA) is 78.8 Å². The van der Waals surface area contributed by atoms with Crippen LogP contribution in [0.1, 0.15) is 60.0 Å². The number of carbonyl (C=O) groups excluding carboxylic acids is 1. The van der Waals surface area contributed by atoms with Crippen molar-refractivity contribution in [3.05, 3.63) is 81.4 Å². The molecule has 1 amide bonds. The first-order valence-electron chi connectivity index (χ1n) is 16.6. The zero-order valence-electron chi connectivity index (χ0n) is 26.5. The van der Waals surface area contributed by atoms with Crippen molar-refractivity contribution in [2.24, 2.45) is 0 Å². The molecule has 2 atom stereocenters. The molecule has 4 aliphatic rings. The Labute approximate surface area is 268 Å². The molecule has 3 aliphatic heterocycles. The predicted molar refractivity (Wildman–Crippen MR) is 179 cm³/mol. The molecular formula is C37H40FN5O3. The van der Waals surface area contributed by atoms with Crippen LogP contribution in [0.4, 0.5) is 10.1 Å². The molecule has 2 fully saturated rings. The van der Waals surface area contributed by atoms with Crippen molar-refractivity contribution in [3.63, 3.8) is 0 Å². The second-order valence-corrected chi connectivity index (χ2v) is 13.4. The van der Waals surface area contributed by atoms with E-state index in [1.54, 1.807) is 6.20 Å². The van der Waals surface area contributed by atoms with Crippen LogP contribution in [0.15, 0.2) is 53.5 Å². The number of rotatable bonds is 8. The Morgan fingerprint density at radius 2 is 1.70 bits per heavy atom. The molecule has 46 heavy (non-hydrogen) atoms. The molecule has 0 spiro atoms. The molecule has 4 heterocycles. The summed E-state index contributed by atoms with van der Waals surface area (Å²) < 4.78 is 24.4. The number of nitrogens with one attached hydrogen (secondary N) is 2. The minimum absolute atomic E-state index is 0.00338. The summed E-state index contributed by atoms with van der Waals surface area (Å²) in [6, 6.07) is 14.6. The van der Waals surface area contributed by atoms with Crippen LogP contribution in [0, 0.1) is 5.82 Å². The molecule has 0 saturated carbocycles. The van der Waals surface area contributed by atoms with E-state index in [1.165, 1.54) is 18.1 Å². The minimum Gasteiger partial charge on any atom is -0.451 e. The molecule has 8 rings (SSSR count). The Bertz CT molecular complexity index is 1940. The normalized spacial score (nSPS) is 20.0. The van der Waals surface area contributed by atoms with E-state index in [9.17, 15) is 9.59 Å². The van der Waals surface area contributed by atoms with Gasteiger partial charge in [0.1, 0.15) is 16.8 Å². The molecule has 1 aliphatic carbocycles. The van der Waals surface area contributed by atoms with Crippen LogP contribution in [0.25, 0.3) is 27.7 Å². The third kappa shape index (κ3) is 4.88. The number of likely N-dealkylation sites (tertiary alicyclic amines) is 2. The van der Waals surface area contributed by atoms with Gasteiger partial charge in [0.05, 0.1) is 11.1 Å². The first-order chi connectivity index (χ1) is 22.4. The lowest BCUT2D eigenvalue weighted by Gasteiger charge is -2.27. The van der Waals surface area contributed by atoms with E-state index >= 15 is 4.39 Å². The Morgan fingerprint density at radius 1 is 0.957 bits per heavy atom. The highest BCUT2D eigenvalue weighted by Crippen LogP contribution is 2.49. The number of amides is 1. The first-order valence-corrected chi connectivity index (χ1v) is 16.6. The molecule has 1 aromatic heterocycles. The van der Waals surface area contributed by atoms with E-state index in [0.717, 1.165) is 74.0 Å².